The summed E-state index contributed by atoms with van der Waals surface area (Å²) in [7, 11) is 0. The zero-order valence-electron chi connectivity index (χ0n) is 32.9. The van der Waals surface area contributed by atoms with E-state index in [-0.39, 0.29) is 55.6 Å². The van der Waals surface area contributed by atoms with Gasteiger partial charge in [0, 0.05) is 5.56 Å². The molecule has 0 aliphatic carbocycles. The van der Waals surface area contributed by atoms with Gasteiger partial charge in [-0.3, -0.25) is 24.0 Å². The fourth-order valence-corrected chi connectivity index (χ4v) is 8.81. The number of nitrogens with one attached hydrogen (secondary N) is 3. The number of Topliss-reactive ketones (excluding diaryl/α,β-unsaturated/α-hetero) is 1. The molecule has 58 heavy (non-hydrogen) atoms. The summed E-state index contributed by atoms with van der Waals surface area (Å²) in [6.45, 7) is 4.28. The zero-order valence-corrected chi connectivity index (χ0v) is 32.9. The molecule has 3 saturated heterocycles. The average molecular weight is 797 g/mol. The zero-order chi connectivity index (χ0) is 41.0. The van der Waals surface area contributed by atoms with Gasteiger partial charge in [0.2, 0.25) is 5.91 Å². The quantitative estimate of drug-likeness (QED) is 0.0860. The van der Waals surface area contributed by atoms with Gasteiger partial charge in [0.25, 0.3) is 0 Å². The van der Waals surface area contributed by atoms with Crippen molar-refractivity contribution in [1.29, 1.82) is 0 Å². The predicted octanol–water partition coefficient (Wildman–Crippen LogP) is 3.58. The smallest absolute Gasteiger partial charge is 0.307 e. The maximum atomic E-state index is 14.1. The molecular weight excluding hydrogens is 741 g/mol. The first-order chi connectivity index (χ1) is 28.0. The molecule has 6 rings (SSSR count). The van der Waals surface area contributed by atoms with Gasteiger partial charge in [0.05, 0.1) is 37.3 Å². The van der Waals surface area contributed by atoms with E-state index in [1.54, 1.807) is 24.3 Å². The molecular formula is C45H56N4O9. The largest absolute Gasteiger partial charge is 0.492 e. The van der Waals surface area contributed by atoms with Crippen LogP contribution in [0.1, 0.15) is 51.9 Å². The van der Waals surface area contributed by atoms with Crippen LogP contribution >= 0.6 is 0 Å². The van der Waals surface area contributed by atoms with Crippen LogP contribution in [-0.4, -0.2) is 109 Å². The number of carboxylic acids is 3. The van der Waals surface area contributed by atoms with Crippen LogP contribution in [0.2, 0.25) is 0 Å². The van der Waals surface area contributed by atoms with Crippen molar-refractivity contribution in [3.05, 3.63) is 101 Å². The standard InChI is InChI=1S/C45H56N4O9/c50-41(33-8-2-6-31(19-33)22-39(44(54)55)35-11-14-47-26-35)28-49(16-17-58-37-9-3-7-32(20-37)23-40(45(56)57)36-12-15-48-27-36)42(51)24-30-5-1-4-29(18-30)21-38(43(52)53)34-10-13-46-25-34/h1-9,18-20,34-36,38-40,46-48H,10-17,21-28H2,(H,52,53)(H,54,55)(H,56,57). The van der Waals surface area contributed by atoms with Gasteiger partial charge in [-0.05, 0) is 136 Å². The summed E-state index contributed by atoms with van der Waals surface area (Å²) in [5.74, 6) is -4.16. The van der Waals surface area contributed by atoms with Crippen molar-refractivity contribution in [2.45, 2.75) is 44.9 Å². The van der Waals surface area contributed by atoms with E-state index in [4.69, 9.17) is 4.74 Å². The van der Waals surface area contributed by atoms with Crippen LogP contribution in [-0.2, 0) is 44.9 Å². The van der Waals surface area contributed by atoms with Crippen molar-refractivity contribution < 1.29 is 44.0 Å². The Labute approximate surface area is 339 Å². The molecule has 13 heteroatoms. The summed E-state index contributed by atoms with van der Waals surface area (Å²) in [6.07, 6.45) is 3.38. The Balaban J connectivity index is 1.15. The molecule has 3 fully saturated rings. The van der Waals surface area contributed by atoms with E-state index in [9.17, 15) is 39.3 Å². The Kier molecular flexibility index (Phi) is 15.0. The van der Waals surface area contributed by atoms with Crippen LogP contribution < -0.4 is 20.7 Å². The predicted molar refractivity (Wildman–Crippen MR) is 217 cm³/mol. The lowest BCUT2D eigenvalue weighted by Crippen LogP contribution is -2.39. The number of ether oxygens (including phenoxy) is 1. The highest BCUT2D eigenvalue weighted by Gasteiger charge is 2.33. The molecule has 3 heterocycles. The molecule has 3 aromatic carbocycles. The Hall–Kier alpha value is -5.11. The summed E-state index contributed by atoms with van der Waals surface area (Å²) in [5, 5.41) is 39.7. The molecule has 0 bridgehead atoms. The lowest BCUT2D eigenvalue weighted by molar-refractivity contribution is -0.144. The van der Waals surface area contributed by atoms with E-state index in [1.807, 2.05) is 48.5 Å². The maximum Gasteiger partial charge on any atom is 0.307 e. The summed E-state index contributed by atoms with van der Waals surface area (Å²) in [5.41, 5.74) is 3.49. The number of nitrogens with zero attached hydrogens (tertiary/aromatic N) is 1. The summed E-state index contributed by atoms with van der Waals surface area (Å²) < 4.78 is 6.11. The number of hydrogen-bond donors (Lipinski definition) is 6. The number of carbonyl (C=O) groups is 5. The lowest BCUT2D eigenvalue weighted by atomic mass is 9.85. The fourth-order valence-electron chi connectivity index (χ4n) is 8.81. The normalized spacial score (nSPS) is 20.6. The van der Waals surface area contributed by atoms with Crippen LogP contribution in [0.15, 0.2) is 72.8 Å². The number of rotatable bonds is 21. The topological polar surface area (TPSA) is 195 Å². The number of amides is 1. The molecule has 3 aliphatic heterocycles. The molecule has 0 radical (unpaired) electrons. The number of aliphatic carboxylic acids is 3. The minimum atomic E-state index is -0.862. The molecule has 0 spiro atoms. The van der Waals surface area contributed by atoms with Crippen LogP contribution in [0.4, 0.5) is 0 Å². The minimum absolute atomic E-state index is 0.00194. The molecule has 6 N–H and O–H groups in total. The SMILES string of the molecule is O=C(CN(CCOc1cccc(CC(C(=O)O)C2CCNC2)c1)C(=O)Cc1cccc(CC(C(=O)O)C2CCNC2)c1)c1cccc(CC(C(=O)O)C2CCNC2)c1. The maximum absolute atomic E-state index is 14.1. The highest BCUT2D eigenvalue weighted by molar-refractivity contribution is 5.99. The van der Waals surface area contributed by atoms with Gasteiger partial charge in [-0.1, -0.05) is 54.6 Å². The van der Waals surface area contributed by atoms with Crippen molar-refractivity contribution >= 4 is 29.6 Å². The van der Waals surface area contributed by atoms with Gasteiger partial charge < -0.3 is 40.9 Å². The van der Waals surface area contributed by atoms with Crippen molar-refractivity contribution in [2.24, 2.45) is 35.5 Å². The second-order valence-corrected chi connectivity index (χ2v) is 16.1. The van der Waals surface area contributed by atoms with Crippen LogP contribution in [0.25, 0.3) is 0 Å². The van der Waals surface area contributed by atoms with Gasteiger partial charge in [-0.25, -0.2) is 0 Å². The van der Waals surface area contributed by atoms with E-state index < -0.39 is 35.7 Å². The van der Waals surface area contributed by atoms with Crippen molar-refractivity contribution in [3.8, 4) is 5.75 Å². The molecule has 13 nitrogen and oxygen atoms in total. The molecule has 1 amide bonds. The van der Waals surface area contributed by atoms with E-state index in [0.29, 0.717) is 55.8 Å². The van der Waals surface area contributed by atoms with Crippen molar-refractivity contribution in [1.82, 2.24) is 20.9 Å². The molecule has 6 atom stereocenters. The monoisotopic (exact) mass is 796 g/mol. The van der Waals surface area contributed by atoms with Gasteiger partial charge in [0.15, 0.2) is 5.78 Å². The highest BCUT2D eigenvalue weighted by Crippen LogP contribution is 2.27. The third-order valence-electron chi connectivity index (χ3n) is 12.1. The molecule has 0 aromatic heterocycles. The van der Waals surface area contributed by atoms with Crippen LogP contribution in [0.5, 0.6) is 5.75 Å². The van der Waals surface area contributed by atoms with Crippen molar-refractivity contribution in [2.75, 3.05) is 59.0 Å². The Morgan fingerprint density at radius 2 is 1.09 bits per heavy atom. The summed E-state index contributed by atoms with van der Waals surface area (Å²) in [4.78, 5) is 65.9. The second kappa shape index (κ2) is 20.5. The first-order valence-corrected chi connectivity index (χ1v) is 20.5. The van der Waals surface area contributed by atoms with Crippen molar-refractivity contribution in [3.63, 3.8) is 0 Å². The number of ketones is 1. The second-order valence-electron chi connectivity index (χ2n) is 16.1. The number of hydrogen-bond acceptors (Lipinski definition) is 9. The third-order valence-corrected chi connectivity index (χ3v) is 12.1. The Morgan fingerprint density at radius 3 is 1.59 bits per heavy atom. The first-order valence-electron chi connectivity index (χ1n) is 20.5. The average Bonchev–Trinajstić information content (AvgIpc) is 4.03. The van der Waals surface area contributed by atoms with Gasteiger partial charge in [0.1, 0.15) is 12.4 Å². The third kappa shape index (κ3) is 11.7. The van der Waals surface area contributed by atoms with Gasteiger partial charge in [-0.2, -0.15) is 0 Å². The lowest BCUT2D eigenvalue weighted by Gasteiger charge is -2.23. The number of benzene rings is 3. The van der Waals surface area contributed by atoms with E-state index in [0.717, 1.165) is 55.6 Å². The number of carbonyl (C=O) groups excluding carboxylic acids is 2. The Morgan fingerprint density at radius 1 is 0.621 bits per heavy atom. The van der Waals surface area contributed by atoms with E-state index in [1.165, 1.54) is 4.90 Å². The van der Waals surface area contributed by atoms with Crippen LogP contribution in [0, 0.1) is 35.5 Å². The molecule has 3 aliphatic rings. The number of carboxylic acid groups (broad SMARTS) is 3. The van der Waals surface area contributed by atoms with E-state index >= 15 is 0 Å². The summed E-state index contributed by atoms with van der Waals surface area (Å²) in [6, 6.07) is 21.7. The van der Waals surface area contributed by atoms with E-state index in [2.05, 4.69) is 16.0 Å². The highest BCUT2D eigenvalue weighted by atomic mass is 16.5. The van der Waals surface area contributed by atoms with Gasteiger partial charge in [-0.15, -0.1) is 0 Å². The molecule has 0 saturated carbocycles. The molecule has 3 aromatic rings. The summed E-state index contributed by atoms with van der Waals surface area (Å²) >= 11 is 0. The molecule has 6 unspecified atom stereocenters. The van der Waals surface area contributed by atoms with Gasteiger partial charge >= 0.3 is 17.9 Å². The molecule has 310 valence electrons. The Bertz CT molecular complexity index is 1900. The minimum Gasteiger partial charge on any atom is -0.492 e. The first kappa shape index (κ1) is 42.5. The van der Waals surface area contributed by atoms with Crippen LogP contribution in [0.3, 0.4) is 0 Å². The fraction of sp³-hybridized carbons (Fsp3) is 0.489.